The van der Waals surface area contributed by atoms with Crippen molar-refractivity contribution in [2.75, 3.05) is 22.9 Å². The number of benzene rings is 2. The smallest absolute Gasteiger partial charge is 0.255 e. The van der Waals surface area contributed by atoms with E-state index in [1.807, 2.05) is 61.5 Å². The molecule has 178 valence electrons. The molecule has 0 aromatic heterocycles. The first-order valence-corrected chi connectivity index (χ1v) is 13.0. The van der Waals surface area contributed by atoms with Crippen molar-refractivity contribution in [1.82, 2.24) is 4.90 Å². The van der Waals surface area contributed by atoms with Gasteiger partial charge in [-0.1, -0.05) is 61.9 Å². The van der Waals surface area contributed by atoms with Crippen molar-refractivity contribution >= 4 is 40.1 Å². The Kier molecular flexibility index (Phi) is 8.06. The first-order chi connectivity index (χ1) is 16.6. The molecule has 2 N–H and O–H groups in total. The zero-order chi connectivity index (χ0) is 23.9. The van der Waals surface area contributed by atoms with Gasteiger partial charge in [0.2, 0.25) is 5.91 Å². The number of fused-ring (bicyclic) bond motifs is 1. The SMILES string of the molecule is CCCCCC(=O)Nc1cccc(C2C(C(=O)Nc3ccccc3)=C(C)N=C3SCCCN32)c1. The number of carbonyl (C=O) groups excluding carboxylic acids is 2. The summed E-state index contributed by atoms with van der Waals surface area (Å²) in [5.41, 5.74) is 3.85. The van der Waals surface area contributed by atoms with Gasteiger partial charge in [-0.15, -0.1) is 0 Å². The van der Waals surface area contributed by atoms with E-state index in [1.165, 1.54) is 0 Å². The number of thioether (sulfide) groups is 1. The van der Waals surface area contributed by atoms with Crippen LogP contribution in [0.2, 0.25) is 0 Å². The van der Waals surface area contributed by atoms with Crippen molar-refractivity contribution in [3.05, 3.63) is 71.4 Å². The van der Waals surface area contributed by atoms with E-state index in [1.54, 1.807) is 11.8 Å². The summed E-state index contributed by atoms with van der Waals surface area (Å²) in [6.07, 6.45) is 4.57. The molecule has 2 aliphatic heterocycles. The average molecular weight is 477 g/mol. The molecule has 0 spiro atoms. The van der Waals surface area contributed by atoms with Crippen molar-refractivity contribution in [1.29, 1.82) is 0 Å². The minimum Gasteiger partial charge on any atom is -0.340 e. The second kappa shape index (κ2) is 11.4. The van der Waals surface area contributed by atoms with Gasteiger partial charge < -0.3 is 15.5 Å². The van der Waals surface area contributed by atoms with E-state index in [2.05, 4.69) is 22.5 Å². The number of nitrogens with zero attached hydrogens (tertiary/aromatic N) is 2. The van der Waals surface area contributed by atoms with Crippen LogP contribution in [0.15, 0.2) is 70.9 Å². The molecule has 0 aliphatic carbocycles. The summed E-state index contributed by atoms with van der Waals surface area (Å²) in [4.78, 5) is 32.9. The largest absolute Gasteiger partial charge is 0.340 e. The van der Waals surface area contributed by atoms with Crippen LogP contribution in [0.1, 0.15) is 57.6 Å². The molecule has 4 rings (SSSR count). The Bertz CT molecular complexity index is 1100. The first-order valence-electron chi connectivity index (χ1n) is 12.0. The second-order valence-electron chi connectivity index (χ2n) is 8.64. The average Bonchev–Trinajstić information content (AvgIpc) is 2.84. The summed E-state index contributed by atoms with van der Waals surface area (Å²) in [5, 5.41) is 7.04. The van der Waals surface area contributed by atoms with Gasteiger partial charge in [0.15, 0.2) is 5.17 Å². The third kappa shape index (κ3) is 5.70. The number of amidine groups is 1. The lowest BCUT2D eigenvalue weighted by atomic mass is 9.93. The van der Waals surface area contributed by atoms with Gasteiger partial charge in [0.1, 0.15) is 0 Å². The standard InChI is InChI=1S/C27H32N4O2S/c1-3-4-6-15-23(32)29-22-14-9-11-20(18-22)25-24(26(33)30-21-12-7-5-8-13-21)19(2)28-27-31(25)16-10-17-34-27/h5,7-9,11-14,18,25H,3-4,6,10,15-17H2,1-2H3,(H,29,32)(H,30,33). The molecule has 6 nitrogen and oxygen atoms in total. The highest BCUT2D eigenvalue weighted by Gasteiger charge is 2.37. The minimum atomic E-state index is -0.263. The normalized spacial score (nSPS) is 17.6. The molecule has 2 aromatic rings. The number of aliphatic imine (C=N–C) groups is 1. The zero-order valence-corrected chi connectivity index (χ0v) is 20.7. The molecule has 1 atom stereocenters. The van der Waals surface area contributed by atoms with Crippen molar-refractivity contribution in [3.63, 3.8) is 0 Å². The number of amides is 2. The molecule has 1 unspecified atom stereocenters. The van der Waals surface area contributed by atoms with Gasteiger partial charge in [-0.25, -0.2) is 4.99 Å². The van der Waals surface area contributed by atoms with Crippen LogP contribution >= 0.6 is 11.8 Å². The lowest BCUT2D eigenvalue weighted by molar-refractivity contribution is -0.116. The van der Waals surface area contributed by atoms with Crippen LogP contribution in [0.3, 0.4) is 0 Å². The van der Waals surface area contributed by atoms with Crippen molar-refractivity contribution in [2.45, 2.75) is 52.0 Å². The number of para-hydroxylation sites is 1. The topological polar surface area (TPSA) is 73.8 Å². The summed E-state index contributed by atoms with van der Waals surface area (Å²) in [7, 11) is 0. The quantitative estimate of drug-likeness (QED) is 0.461. The van der Waals surface area contributed by atoms with E-state index in [4.69, 9.17) is 4.99 Å². The van der Waals surface area contributed by atoms with Crippen LogP contribution in [0.25, 0.3) is 0 Å². The molecule has 0 saturated carbocycles. The van der Waals surface area contributed by atoms with E-state index in [0.29, 0.717) is 12.0 Å². The predicted molar refractivity (Wildman–Crippen MR) is 141 cm³/mol. The number of anilines is 2. The van der Waals surface area contributed by atoms with Crippen LogP contribution < -0.4 is 10.6 Å². The van der Waals surface area contributed by atoms with E-state index in [-0.39, 0.29) is 17.9 Å². The van der Waals surface area contributed by atoms with Crippen molar-refractivity contribution in [3.8, 4) is 0 Å². The fourth-order valence-corrected chi connectivity index (χ4v) is 5.39. The van der Waals surface area contributed by atoms with Gasteiger partial charge in [0.25, 0.3) is 5.91 Å². The van der Waals surface area contributed by atoms with E-state index < -0.39 is 0 Å². The number of carbonyl (C=O) groups is 2. The van der Waals surface area contributed by atoms with E-state index in [0.717, 1.165) is 65.8 Å². The molecule has 2 aromatic carbocycles. The number of unbranched alkanes of at least 4 members (excludes halogenated alkanes) is 2. The third-order valence-corrected chi connectivity index (χ3v) is 7.11. The van der Waals surface area contributed by atoms with Crippen LogP contribution in [-0.4, -0.2) is 34.2 Å². The van der Waals surface area contributed by atoms with Crippen molar-refractivity contribution in [2.24, 2.45) is 4.99 Å². The number of hydrogen-bond acceptors (Lipinski definition) is 5. The highest BCUT2D eigenvalue weighted by Crippen LogP contribution is 2.40. The lowest BCUT2D eigenvalue weighted by Gasteiger charge is -2.41. The Balaban J connectivity index is 1.64. The van der Waals surface area contributed by atoms with Gasteiger partial charge in [0.05, 0.1) is 17.3 Å². The van der Waals surface area contributed by atoms with Crippen molar-refractivity contribution < 1.29 is 9.59 Å². The Morgan fingerprint density at radius 1 is 1.06 bits per heavy atom. The summed E-state index contributed by atoms with van der Waals surface area (Å²) in [6.45, 7) is 4.87. The van der Waals surface area contributed by atoms with Gasteiger partial charge in [-0.2, -0.15) is 0 Å². The van der Waals surface area contributed by atoms with Crippen LogP contribution in [0.4, 0.5) is 11.4 Å². The minimum absolute atomic E-state index is 0.0267. The molecule has 1 fully saturated rings. The molecule has 0 bridgehead atoms. The molecular weight excluding hydrogens is 444 g/mol. The van der Waals surface area contributed by atoms with Gasteiger partial charge in [0, 0.05) is 30.1 Å². The van der Waals surface area contributed by atoms with E-state index >= 15 is 0 Å². The highest BCUT2D eigenvalue weighted by molar-refractivity contribution is 8.13. The molecule has 2 aliphatic rings. The molecule has 2 heterocycles. The number of nitrogens with one attached hydrogen (secondary N) is 2. The Labute approximate surface area is 205 Å². The Morgan fingerprint density at radius 2 is 1.85 bits per heavy atom. The summed E-state index contributed by atoms with van der Waals surface area (Å²) < 4.78 is 0. The second-order valence-corrected chi connectivity index (χ2v) is 9.70. The maximum absolute atomic E-state index is 13.5. The zero-order valence-electron chi connectivity index (χ0n) is 19.8. The van der Waals surface area contributed by atoms with Gasteiger partial charge in [-0.05, 0) is 49.6 Å². The number of allylic oxidation sites excluding steroid dienone is 1. The monoisotopic (exact) mass is 476 g/mol. The fourth-order valence-electron chi connectivity index (χ4n) is 4.37. The van der Waals surface area contributed by atoms with Gasteiger partial charge >= 0.3 is 0 Å². The van der Waals surface area contributed by atoms with Crippen LogP contribution in [-0.2, 0) is 9.59 Å². The molecule has 2 amide bonds. The maximum atomic E-state index is 13.5. The molecule has 0 radical (unpaired) electrons. The Hall–Kier alpha value is -3.06. The highest BCUT2D eigenvalue weighted by atomic mass is 32.2. The lowest BCUT2D eigenvalue weighted by Crippen LogP contribution is -2.43. The van der Waals surface area contributed by atoms with E-state index in [9.17, 15) is 9.59 Å². The molecule has 1 saturated heterocycles. The predicted octanol–water partition coefficient (Wildman–Crippen LogP) is 5.97. The first kappa shape index (κ1) is 24.1. The number of rotatable bonds is 8. The van der Waals surface area contributed by atoms with Crippen LogP contribution in [0, 0.1) is 0 Å². The summed E-state index contributed by atoms with van der Waals surface area (Å²) in [6, 6.07) is 17.1. The number of hydrogen-bond donors (Lipinski definition) is 2. The molecular formula is C27H32N4O2S. The maximum Gasteiger partial charge on any atom is 0.255 e. The summed E-state index contributed by atoms with van der Waals surface area (Å²) in [5.74, 6) is 0.897. The third-order valence-electron chi connectivity index (χ3n) is 6.03. The van der Waals surface area contributed by atoms with Crippen LogP contribution in [0.5, 0.6) is 0 Å². The fraction of sp³-hybridized carbons (Fsp3) is 0.370. The molecule has 7 heteroatoms. The summed E-state index contributed by atoms with van der Waals surface area (Å²) >= 11 is 1.73. The molecule has 34 heavy (non-hydrogen) atoms. The Morgan fingerprint density at radius 3 is 2.65 bits per heavy atom. The van der Waals surface area contributed by atoms with Gasteiger partial charge in [-0.3, -0.25) is 9.59 Å².